The minimum Gasteiger partial charge on any atom is -0.444 e. The first-order valence-electron chi connectivity index (χ1n) is 9.18. The van der Waals surface area contributed by atoms with Crippen LogP contribution in [0.2, 0.25) is 0 Å². The molecule has 0 saturated carbocycles. The van der Waals surface area contributed by atoms with Gasteiger partial charge in [-0.2, -0.15) is 0 Å². The number of carbonyl (C=O) groups is 2. The molecule has 0 aromatic rings. The van der Waals surface area contributed by atoms with Crippen LogP contribution in [0.1, 0.15) is 61.3 Å². The average molecular weight is 367 g/mol. The van der Waals surface area contributed by atoms with Crippen LogP contribution in [-0.2, 0) is 9.47 Å². The maximum atomic E-state index is 12.5. The zero-order valence-electron chi connectivity index (χ0n) is 17.5. The van der Waals surface area contributed by atoms with Gasteiger partial charge in [0.05, 0.1) is 6.54 Å². The number of ether oxygens (including phenoxy) is 2. The summed E-state index contributed by atoms with van der Waals surface area (Å²) in [7, 11) is 1.70. The molecule has 0 spiro atoms. The standard InChI is InChI=1S/C20H34N2O4/c1-9-11-16(21(8)17(23)25-19(2,3)4)15-12-10-13-22(14-15)18(24)26-20(5,6)7/h11-12H,9-10,13-14H2,1-8H3/b16-11-. The van der Waals surface area contributed by atoms with Crippen molar-refractivity contribution in [3.63, 3.8) is 0 Å². The molecule has 0 aromatic carbocycles. The van der Waals surface area contributed by atoms with Crippen LogP contribution >= 0.6 is 0 Å². The average Bonchev–Trinajstić information content (AvgIpc) is 2.48. The van der Waals surface area contributed by atoms with E-state index in [1.165, 1.54) is 4.90 Å². The molecule has 0 bridgehead atoms. The predicted octanol–water partition coefficient (Wildman–Crippen LogP) is 4.71. The molecular formula is C20H34N2O4. The molecule has 26 heavy (non-hydrogen) atoms. The summed E-state index contributed by atoms with van der Waals surface area (Å²) in [5, 5.41) is 0. The molecule has 0 N–H and O–H groups in total. The van der Waals surface area contributed by atoms with Gasteiger partial charge in [-0.25, -0.2) is 9.59 Å². The van der Waals surface area contributed by atoms with Crippen molar-refractivity contribution in [2.24, 2.45) is 0 Å². The van der Waals surface area contributed by atoms with Crippen LogP contribution in [0.25, 0.3) is 0 Å². The third-order valence-corrected chi connectivity index (χ3v) is 3.56. The highest BCUT2D eigenvalue weighted by Crippen LogP contribution is 2.24. The monoisotopic (exact) mass is 366 g/mol. The van der Waals surface area contributed by atoms with Crippen molar-refractivity contribution in [1.82, 2.24) is 9.80 Å². The molecule has 6 nitrogen and oxygen atoms in total. The largest absolute Gasteiger partial charge is 0.444 e. The van der Waals surface area contributed by atoms with Gasteiger partial charge in [0.1, 0.15) is 11.2 Å². The molecule has 0 atom stereocenters. The number of hydrogen-bond acceptors (Lipinski definition) is 4. The fourth-order valence-electron chi connectivity index (χ4n) is 2.52. The molecule has 148 valence electrons. The van der Waals surface area contributed by atoms with Crippen LogP contribution in [-0.4, -0.2) is 53.3 Å². The number of allylic oxidation sites excluding steroid dienone is 1. The Morgan fingerprint density at radius 3 is 2.23 bits per heavy atom. The van der Waals surface area contributed by atoms with E-state index in [1.807, 2.05) is 54.5 Å². The number of likely N-dealkylation sites (N-methyl/N-ethyl adjacent to an activating group) is 1. The van der Waals surface area contributed by atoms with E-state index in [0.29, 0.717) is 13.1 Å². The highest BCUT2D eigenvalue weighted by atomic mass is 16.6. The fourth-order valence-corrected chi connectivity index (χ4v) is 2.52. The summed E-state index contributed by atoms with van der Waals surface area (Å²) in [6.07, 6.45) is 4.80. The maximum absolute atomic E-state index is 12.5. The summed E-state index contributed by atoms with van der Waals surface area (Å²) >= 11 is 0. The summed E-state index contributed by atoms with van der Waals surface area (Å²) in [6, 6.07) is 0. The maximum Gasteiger partial charge on any atom is 0.414 e. The molecule has 1 heterocycles. The summed E-state index contributed by atoms with van der Waals surface area (Å²) in [5.74, 6) is 0. The Hall–Kier alpha value is -1.98. The van der Waals surface area contributed by atoms with E-state index in [4.69, 9.17) is 9.47 Å². The van der Waals surface area contributed by atoms with E-state index >= 15 is 0 Å². The lowest BCUT2D eigenvalue weighted by atomic mass is 10.0. The molecule has 0 fully saturated rings. The van der Waals surface area contributed by atoms with Crippen molar-refractivity contribution in [1.29, 1.82) is 0 Å². The second-order valence-electron chi connectivity index (χ2n) is 8.46. The summed E-state index contributed by atoms with van der Waals surface area (Å²) in [6.45, 7) is 14.1. The highest BCUT2D eigenvalue weighted by molar-refractivity contribution is 5.72. The number of nitrogens with zero attached hydrogens (tertiary/aromatic N) is 2. The Morgan fingerprint density at radius 1 is 1.15 bits per heavy atom. The lowest BCUT2D eigenvalue weighted by Gasteiger charge is -2.33. The first-order chi connectivity index (χ1) is 11.8. The second-order valence-corrected chi connectivity index (χ2v) is 8.46. The van der Waals surface area contributed by atoms with Crippen molar-refractivity contribution in [3.8, 4) is 0 Å². The topological polar surface area (TPSA) is 59.1 Å². The third kappa shape index (κ3) is 7.10. The Balaban J connectivity index is 2.93. The van der Waals surface area contributed by atoms with Crippen LogP contribution in [0.3, 0.4) is 0 Å². The Bertz CT molecular complexity index is 580. The summed E-state index contributed by atoms with van der Waals surface area (Å²) < 4.78 is 10.9. The van der Waals surface area contributed by atoms with Gasteiger partial charge in [0.2, 0.25) is 0 Å². The quantitative estimate of drug-likeness (QED) is 0.725. The number of hydrogen-bond donors (Lipinski definition) is 0. The molecule has 0 unspecified atom stereocenters. The van der Waals surface area contributed by atoms with E-state index in [2.05, 4.69) is 6.08 Å². The fraction of sp³-hybridized carbons (Fsp3) is 0.700. The SMILES string of the molecule is CC/C=C(/C1=CCCN(C(=O)OC(C)(C)C)C1)N(C)C(=O)OC(C)(C)C. The first-order valence-corrected chi connectivity index (χ1v) is 9.18. The van der Waals surface area contributed by atoms with Crippen LogP contribution in [0.5, 0.6) is 0 Å². The van der Waals surface area contributed by atoms with Gasteiger partial charge < -0.3 is 14.4 Å². The van der Waals surface area contributed by atoms with E-state index in [-0.39, 0.29) is 6.09 Å². The van der Waals surface area contributed by atoms with Crippen molar-refractivity contribution >= 4 is 12.2 Å². The number of rotatable bonds is 3. The van der Waals surface area contributed by atoms with Crippen LogP contribution < -0.4 is 0 Å². The minimum absolute atomic E-state index is 0.334. The van der Waals surface area contributed by atoms with Gasteiger partial charge in [-0.1, -0.05) is 19.1 Å². The number of carbonyl (C=O) groups excluding carboxylic acids is 2. The van der Waals surface area contributed by atoms with E-state index in [0.717, 1.165) is 24.1 Å². The van der Waals surface area contributed by atoms with E-state index in [1.54, 1.807) is 11.9 Å². The molecule has 0 saturated heterocycles. The smallest absolute Gasteiger partial charge is 0.414 e. The van der Waals surface area contributed by atoms with Gasteiger partial charge >= 0.3 is 12.2 Å². The van der Waals surface area contributed by atoms with Crippen molar-refractivity contribution < 1.29 is 19.1 Å². The number of amides is 2. The Kier molecular flexibility index (Phi) is 7.30. The Morgan fingerprint density at radius 2 is 1.73 bits per heavy atom. The van der Waals surface area contributed by atoms with Crippen molar-refractivity contribution in [2.45, 2.75) is 72.5 Å². The van der Waals surface area contributed by atoms with Gasteiger partial charge in [-0.15, -0.1) is 0 Å². The van der Waals surface area contributed by atoms with Gasteiger partial charge in [-0.3, -0.25) is 4.90 Å². The minimum atomic E-state index is -0.563. The van der Waals surface area contributed by atoms with Gasteiger partial charge in [0.15, 0.2) is 0 Å². The second kappa shape index (κ2) is 8.60. The molecule has 1 aliphatic rings. The van der Waals surface area contributed by atoms with Gasteiger partial charge in [0.25, 0.3) is 0 Å². The summed E-state index contributed by atoms with van der Waals surface area (Å²) in [5.41, 5.74) is 0.604. The van der Waals surface area contributed by atoms with E-state index < -0.39 is 17.3 Å². The zero-order valence-corrected chi connectivity index (χ0v) is 17.5. The van der Waals surface area contributed by atoms with Crippen molar-refractivity contribution in [2.75, 3.05) is 20.1 Å². The molecule has 0 aromatic heterocycles. The molecule has 1 aliphatic heterocycles. The zero-order chi connectivity index (χ0) is 20.1. The molecule has 1 rings (SSSR count). The normalized spacial score (nSPS) is 16.1. The molecule has 2 amide bonds. The summed E-state index contributed by atoms with van der Waals surface area (Å²) in [4.78, 5) is 28.0. The highest BCUT2D eigenvalue weighted by Gasteiger charge is 2.28. The first kappa shape index (κ1) is 22.1. The van der Waals surface area contributed by atoms with Gasteiger partial charge in [0, 0.05) is 19.3 Å². The molecule has 6 heteroatoms. The predicted molar refractivity (Wildman–Crippen MR) is 103 cm³/mol. The Labute approximate surface area is 157 Å². The van der Waals surface area contributed by atoms with Crippen LogP contribution in [0.15, 0.2) is 23.4 Å². The molecule has 0 aliphatic carbocycles. The molecule has 0 radical (unpaired) electrons. The lowest BCUT2D eigenvalue weighted by molar-refractivity contribution is 0.0260. The van der Waals surface area contributed by atoms with Gasteiger partial charge in [-0.05, 0) is 60.0 Å². The molecular weight excluding hydrogens is 332 g/mol. The lowest BCUT2D eigenvalue weighted by Crippen LogP contribution is -2.42. The van der Waals surface area contributed by atoms with Crippen LogP contribution in [0, 0.1) is 0 Å². The van der Waals surface area contributed by atoms with Crippen LogP contribution in [0.4, 0.5) is 9.59 Å². The third-order valence-electron chi connectivity index (χ3n) is 3.56. The van der Waals surface area contributed by atoms with E-state index in [9.17, 15) is 9.59 Å². The van der Waals surface area contributed by atoms with Crippen molar-refractivity contribution in [3.05, 3.63) is 23.4 Å².